The Hall–Kier alpha value is -3.03. The zero-order chi connectivity index (χ0) is 20.1. The lowest BCUT2D eigenvalue weighted by molar-refractivity contribution is 0.0949. The molecule has 0 aromatic carbocycles. The van der Waals surface area contributed by atoms with Crippen LogP contribution in [0.1, 0.15) is 53.1 Å². The molecule has 1 aliphatic carbocycles. The van der Waals surface area contributed by atoms with Gasteiger partial charge < -0.3 is 14.6 Å². The molecule has 146 valence electrons. The van der Waals surface area contributed by atoms with E-state index in [9.17, 15) is 4.79 Å². The third-order valence-corrected chi connectivity index (χ3v) is 5.41. The van der Waals surface area contributed by atoms with Gasteiger partial charge in [-0.15, -0.1) is 0 Å². The first kappa shape index (κ1) is 18.3. The maximum absolute atomic E-state index is 13.0. The Labute approximate surface area is 163 Å². The van der Waals surface area contributed by atoms with Crippen molar-refractivity contribution in [3.8, 4) is 0 Å². The number of aromatic nitrogens is 4. The second kappa shape index (κ2) is 6.54. The normalized spacial score (nSPS) is 14.9. The molecule has 0 unspecified atom stereocenters. The van der Waals surface area contributed by atoms with Gasteiger partial charge in [-0.25, -0.2) is 19.9 Å². The lowest BCUT2D eigenvalue weighted by Gasteiger charge is -2.26. The fourth-order valence-corrected chi connectivity index (χ4v) is 3.45. The Bertz CT molecular complexity index is 1050. The molecule has 8 heteroatoms. The smallest absolute Gasteiger partial charge is 0.256 e. The van der Waals surface area contributed by atoms with Crippen LogP contribution >= 0.6 is 0 Å². The Morgan fingerprint density at radius 2 is 1.89 bits per heavy atom. The summed E-state index contributed by atoms with van der Waals surface area (Å²) in [5, 5.41) is 3.56. The minimum absolute atomic E-state index is 0.0626. The quantitative estimate of drug-likeness (QED) is 0.727. The molecule has 8 nitrogen and oxygen atoms in total. The largest absolute Gasteiger partial charge is 0.442 e. The molecule has 1 fully saturated rings. The molecule has 3 aromatic heterocycles. The number of nitrogens with zero attached hydrogens (tertiary/aromatic N) is 5. The number of carbonyl (C=O) groups is 1. The molecule has 3 heterocycles. The van der Waals surface area contributed by atoms with Gasteiger partial charge in [-0.3, -0.25) is 4.79 Å². The van der Waals surface area contributed by atoms with Crippen molar-refractivity contribution in [3.63, 3.8) is 0 Å². The van der Waals surface area contributed by atoms with Gasteiger partial charge in [-0.05, 0) is 46.6 Å². The predicted molar refractivity (Wildman–Crippen MR) is 105 cm³/mol. The van der Waals surface area contributed by atoms with E-state index in [4.69, 9.17) is 4.42 Å². The fraction of sp³-hybridized carbons (Fsp3) is 0.450. The number of fused-ring (bicyclic) bond motifs is 1. The van der Waals surface area contributed by atoms with Gasteiger partial charge in [0.15, 0.2) is 0 Å². The standard InChI is InChI=1S/C20H24N6O2/c1-11-8-12(2)25-14(24-11)9-21-18(27)15-13(3)28-19-16(15)17(22-10-23-19)26(5)20(4)6-7-20/h8,10H,6-7,9H2,1-5H3,(H,21,27). The van der Waals surface area contributed by atoms with Gasteiger partial charge in [-0.1, -0.05) is 0 Å². The summed E-state index contributed by atoms with van der Waals surface area (Å²) in [5.41, 5.74) is 2.69. The summed E-state index contributed by atoms with van der Waals surface area (Å²) in [4.78, 5) is 32.6. The fourth-order valence-electron chi connectivity index (χ4n) is 3.45. The minimum atomic E-state index is -0.246. The predicted octanol–water partition coefficient (Wildman–Crippen LogP) is 2.86. The maximum Gasteiger partial charge on any atom is 0.256 e. The van der Waals surface area contributed by atoms with Crippen LogP contribution in [0.4, 0.5) is 5.82 Å². The summed E-state index contributed by atoms with van der Waals surface area (Å²) in [6.07, 6.45) is 3.67. The zero-order valence-corrected chi connectivity index (χ0v) is 16.8. The van der Waals surface area contributed by atoms with Crippen molar-refractivity contribution in [2.45, 2.75) is 52.6 Å². The van der Waals surface area contributed by atoms with E-state index in [2.05, 4.69) is 37.1 Å². The van der Waals surface area contributed by atoms with Crippen molar-refractivity contribution in [1.29, 1.82) is 0 Å². The van der Waals surface area contributed by atoms with Crippen LogP contribution in [0.25, 0.3) is 11.1 Å². The zero-order valence-electron chi connectivity index (χ0n) is 16.8. The van der Waals surface area contributed by atoms with Crippen molar-refractivity contribution in [2.75, 3.05) is 11.9 Å². The van der Waals surface area contributed by atoms with E-state index in [1.807, 2.05) is 27.0 Å². The van der Waals surface area contributed by atoms with Gasteiger partial charge >= 0.3 is 0 Å². The minimum Gasteiger partial charge on any atom is -0.442 e. The van der Waals surface area contributed by atoms with E-state index < -0.39 is 0 Å². The molecular weight excluding hydrogens is 356 g/mol. The van der Waals surface area contributed by atoms with Gasteiger partial charge in [0, 0.05) is 24.0 Å². The second-order valence-corrected chi connectivity index (χ2v) is 7.72. The highest BCUT2D eigenvalue weighted by Crippen LogP contribution is 2.44. The Balaban J connectivity index is 1.67. The van der Waals surface area contributed by atoms with Crippen LogP contribution in [0.5, 0.6) is 0 Å². The number of amides is 1. The number of anilines is 1. The molecule has 0 saturated heterocycles. The van der Waals surface area contributed by atoms with Gasteiger partial charge in [0.25, 0.3) is 5.91 Å². The molecule has 1 saturated carbocycles. The number of hydrogen-bond acceptors (Lipinski definition) is 7. The van der Waals surface area contributed by atoms with Crippen LogP contribution in [0.15, 0.2) is 16.8 Å². The molecule has 1 amide bonds. The number of aryl methyl sites for hydroxylation is 3. The van der Waals surface area contributed by atoms with E-state index in [0.717, 1.165) is 30.0 Å². The number of hydrogen-bond donors (Lipinski definition) is 1. The molecule has 0 aliphatic heterocycles. The summed E-state index contributed by atoms with van der Waals surface area (Å²) in [7, 11) is 2.00. The van der Waals surface area contributed by atoms with E-state index in [0.29, 0.717) is 28.2 Å². The first-order valence-electron chi connectivity index (χ1n) is 9.36. The summed E-state index contributed by atoms with van der Waals surface area (Å²) < 4.78 is 5.76. The van der Waals surface area contributed by atoms with Crippen molar-refractivity contribution in [2.24, 2.45) is 0 Å². The van der Waals surface area contributed by atoms with Gasteiger partial charge in [0.05, 0.1) is 17.5 Å². The van der Waals surface area contributed by atoms with E-state index in [1.54, 1.807) is 6.92 Å². The Morgan fingerprint density at radius 1 is 1.21 bits per heavy atom. The molecule has 1 N–H and O–H groups in total. The highest BCUT2D eigenvalue weighted by atomic mass is 16.3. The average Bonchev–Trinajstić information content (AvgIpc) is 3.29. The molecule has 0 atom stereocenters. The van der Waals surface area contributed by atoms with Crippen LogP contribution in [0, 0.1) is 20.8 Å². The molecule has 28 heavy (non-hydrogen) atoms. The average molecular weight is 380 g/mol. The lowest BCUT2D eigenvalue weighted by atomic mass is 10.1. The van der Waals surface area contributed by atoms with Crippen molar-refractivity contribution < 1.29 is 9.21 Å². The van der Waals surface area contributed by atoms with Crippen molar-refractivity contribution in [3.05, 3.63) is 40.9 Å². The van der Waals surface area contributed by atoms with Crippen LogP contribution in [0.2, 0.25) is 0 Å². The number of furan rings is 1. The molecule has 0 spiro atoms. The molecular formula is C20H24N6O2. The van der Waals surface area contributed by atoms with Crippen LogP contribution in [-0.2, 0) is 6.54 Å². The number of rotatable bonds is 5. The second-order valence-electron chi connectivity index (χ2n) is 7.72. The van der Waals surface area contributed by atoms with Crippen molar-refractivity contribution in [1.82, 2.24) is 25.3 Å². The van der Waals surface area contributed by atoms with Crippen LogP contribution in [0.3, 0.4) is 0 Å². The number of carbonyl (C=O) groups excluding carboxylic acids is 1. The first-order chi connectivity index (χ1) is 13.3. The molecule has 1 aliphatic rings. The van der Waals surface area contributed by atoms with Gasteiger partial charge in [-0.2, -0.15) is 0 Å². The van der Waals surface area contributed by atoms with E-state index in [1.165, 1.54) is 6.33 Å². The topological polar surface area (TPSA) is 97.0 Å². The summed E-state index contributed by atoms with van der Waals surface area (Å²) >= 11 is 0. The third kappa shape index (κ3) is 3.19. The summed E-state index contributed by atoms with van der Waals surface area (Å²) in [6, 6.07) is 1.90. The Morgan fingerprint density at radius 3 is 2.54 bits per heavy atom. The first-order valence-corrected chi connectivity index (χ1v) is 9.36. The third-order valence-electron chi connectivity index (χ3n) is 5.41. The SMILES string of the molecule is Cc1cc(C)nc(CNC(=O)c2c(C)oc3ncnc(N(C)C4(C)CC4)c23)n1. The molecule has 0 radical (unpaired) electrons. The Kier molecular flexibility index (Phi) is 4.28. The molecule has 0 bridgehead atoms. The monoisotopic (exact) mass is 380 g/mol. The summed E-state index contributed by atoms with van der Waals surface area (Å²) in [5.74, 6) is 1.57. The highest BCUT2D eigenvalue weighted by molar-refractivity contribution is 6.10. The maximum atomic E-state index is 13.0. The number of nitrogens with one attached hydrogen (secondary N) is 1. The molecule has 4 rings (SSSR count). The van der Waals surface area contributed by atoms with Crippen LogP contribution < -0.4 is 10.2 Å². The highest BCUT2D eigenvalue weighted by Gasteiger charge is 2.43. The van der Waals surface area contributed by atoms with Gasteiger partial charge in [0.2, 0.25) is 5.71 Å². The van der Waals surface area contributed by atoms with E-state index >= 15 is 0 Å². The van der Waals surface area contributed by atoms with Crippen LogP contribution in [-0.4, -0.2) is 38.4 Å². The van der Waals surface area contributed by atoms with Crippen molar-refractivity contribution >= 4 is 22.8 Å². The summed E-state index contributed by atoms with van der Waals surface area (Å²) in [6.45, 7) is 8.01. The van der Waals surface area contributed by atoms with E-state index in [-0.39, 0.29) is 18.0 Å². The molecule has 3 aromatic rings. The lowest BCUT2D eigenvalue weighted by Crippen LogP contribution is -2.32. The van der Waals surface area contributed by atoms with Gasteiger partial charge in [0.1, 0.15) is 23.7 Å².